The number of hydrogen-bond acceptors (Lipinski definition) is 6. The van der Waals surface area contributed by atoms with Gasteiger partial charge in [-0.05, 0) is 6.42 Å². The second kappa shape index (κ2) is 9.81. The first kappa shape index (κ1) is 22.8. The van der Waals surface area contributed by atoms with Crippen LogP contribution in [0.2, 0.25) is 0 Å². The van der Waals surface area contributed by atoms with E-state index in [2.05, 4.69) is 10.3 Å². The lowest BCUT2D eigenvalue weighted by atomic mass is 10.2. The highest BCUT2D eigenvalue weighted by molar-refractivity contribution is 7.14. The molecule has 2 heterocycles. The Morgan fingerprint density at radius 2 is 1.93 bits per heavy atom. The molecule has 0 aliphatic carbocycles. The van der Waals surface area contributed by atoms with Crippen molar-refractivity contribution >= 4 is 28.3 Å². The fraction of sp³-hybridized carbons (Fsp3) is 0.389. The number of nitrogens with zero attached hydrogens (tertiary/aromatic N) is 2. The summed E-state index contributed by atoms with van der Waals surface area (Å²) in [7, 11) is 3.45. The lowest BCUT2D eigenvalue weighted by Gasteiger charge is -2.18. The molecular formula is C18H20F3N3O4S. The van der Waals surface area contributed by atoms with Crippen molar-refractivity contribution < 1.29 is 32.6 Å². The standard InChI is InChI=1S/C16H19N3O2S.C2HF3O2/c1-19(15(20)13-8-12(21-2)9-17-13)16-18-14(10-22-16)11-6-4-3-5-7-11;3-2(4,5)1(6)7/h3-7,10,12-13,17H,8-9H2,1-2H3;(H,6,7)/t12-,13-;/m0./s1. The van der Waals surface area contributed by atoms with E-state index >= 15 is 0 Å². The number of rotatable bonds is 4. The Balaban J connectivity index is 0.000000370. The number of hydrogen-bond donors (Lipinski definition) is 2. The molecule has 1 saturated heterocycles. The Morgan fingerprint density at radius 1 is 1.31 bits per heavy atom. The molecule has 2 aromatic rings. The highest BCUT2D eigenvalue weighted by atomic mass is 32.1. The van der Waals surface area contributed by atoms with Crippen molar-refractivity contribution in [2.45, 2.75) is 24.7 Å². The number of amides is 1. The lowest BCUT2D eigenvalue weighted by Crippen LogP contribution is -2.41. The van der Waals surface area contributed by atoms with Gasteiger partial charge in [-0.1, -0.05) is 30.3 Å². The minimum absolute atomic E-state index is 0.0357. The maximum atomic E-state index is 12.5. The van der Waals surface area contributed by atoms with Gasteiger partial charge in [0.1, 0.15) is 0 Å². The van der Waals surface area contributed by atoms with Crippen LogP contribution in [-0.2, 0) is 14.3 Å². The molecule has 3 rings (SSSR count). The fourth-order valence-corrected chi connectivity index (χ4v) is 3.36. The molecular weight excluding hydrogens is 411 g/mol. The zero-order chi connectivity index (χ0) is 21.6. The molecule has 2 atom stereocenters. The number of carboxylic acids is 1. The predicted octanol–water partition coefficient (Wildman–Crippen LogP) is 2.78. The van der Waals surface area contributed by atoms with E-state index in [4.69, 9.17) is 14.6 Å². The van der Waals surface area contributed by atoms with Crippen LogP contribution in [-0.4, -0.2) is 61.0 Å². The number of carbonyl (C=O) groups excluding carboxylic acids is 1. The predicted molar refractivity (Wildman–Crippen MR) is 102 cm³/mol. The molecule has 7 nitrogen and oxygen atoms in total. The van der Waals surface area contributed by atoms with Crippen molar-refractivity contribution in [3.63, 3.8) is 0 Å². The van der Waals surface area contributed by atoms with Crippen molar-refractivity contribution in [2.75, 3.05) is 25.6 Å². The van der Waals surface area contributed by atoms with E-state index in [0.29, 0.717) is 18.1 Å². The second-order valence-electron chi connectivity index (χ2n) is 6.14. The number of aromatic nitrogens is 1. The Bertz CT molecular complexity index is 829. The Kier molecular flexibility index (Phi) is 7.71. The summed E-state index contributed by atoms with van der Waals surface area (Å²) in [5.41, 5.74) is 1.96. The van der Waals surface area contributed by atoms with E-state index in [1.165, 1.54) is 11.3 Å². The van der Waals surface area contributed by atoms with Gasteiger partial charge in [0.25, 0.3) is 0 Å². The number of ether oxygens (including phenoxy) is 1. The summed E-state index contributed by atoms with van der Waals surface area (Å²) >= 11 is 1.48. The summed E-state index contributed by atoms with van der Waals surface area (Å²) in [4.78, 5) is 27.6. The minimum atomic E-state index is -5.08. The van der Waals surface area contributed by atoms with Crippen LogP contribution in [0.1, 0.15) is 6.42 Å². The Morgan fingerprint density at radius 3 is 2.45 bits per heavy atom. The van der Waals surface area contributed by atoms with E-state index in [1.807, 2.05) is 35.7 Å². The average molecular weight is 431 g/mol. The van der Waals surface area contributed by atoms with Gasteiger partial charge < -0.3 is 15.2 Å². The summed E-state index contributed by atoms with van der Waals surface area (Å²) < 4.78 is 37.0. The maximum absolute atomic E-state index is 12.5. The summed E-state index contributed by atoms with van der Waals surface area (Å²) in [5.74, 6) is -2.72. The first-order valence-electron chi connectivity index (χ1n) is 8.48. The van der Waals surface area contributed by atoms with Crippen LogP contribution >= 0.6 is 11.3 Å². The zero-order valence-corrected chi connectivity index (χ0v) is 16.5. The molecule has 29 heavy (non-hydrogen) atoms. The van der Waals surface area contributed by atoms with Crippen LogP contribution in [0, 0.1) is 0 Å². The number of carboxylic acid groups (broad SMARTS) is 1. The monoisotopic (exact) mass is 431 g/mol. The molecule has 0 unspecified atom stereocenters. The third-order valence-corrected chi connectivity index (χ3v) is 5.06. The number of anilines is 1. The van der Waals surface area contributed by atoms with Crippen molar-refractivity contribution in [3.05, 3.63) is 35.7 Å². The van der Waals surface area contributed by atoms with Gasteiger partial charge in [-0.3, -0.25) is 9.69 Å². The topological polar surface area (TPSA) is 91.8 Å². The maximum Gasteiger partial charge on any atom is 0.490 e. The highest BCUT2D eigenvalue weighted by Gasteiger charge is 2.38. The van der Waals surface area contributed by atoms with Crippen molar-refractivity contribution in [1.29, 1.82) is 0 Å². The van der Waals surface area contributed by atoms with Crippen LogP contribution in [0.3, 0.4) is 0 Å². The third-order valence-electron chi connectivity index (χ3n) is 4.14. The van der Waals surface area contributed by atoms with Crippen molar-refractivity contribution in [2.24, 2.45) is 0 Å². The number of carbonyl (C=O) groups is 2. The number of likely N-dealkylation sites (N-methyl/N-ethyl adjacent to an activating group) is 1. The van der Waals surface area contributed by atoms with Gasteiger partial charge in [-0.25, -0.2) is 9.78 Å². The van der Waals surface area contributed by atoms with Gasteiger partial charge >= 0.3 is 12.1 Å². The van der Waals surface area contributed by atoms with Crippen LogP contribution in [0.25, 0.3) is 11.3 Å². The normalized spacial score (nSPS) is 18.7. The van der Waals surface area contributed by atoms with Crippen molar-refractivity contribution in [1.82, 2.24) is 10.3 Å². The van der Waals surface area contributed by atoms with Crippen molar-refractivity contribution in [3.8, 4) is 11.3 Å². The molecule has 158 valence electrons. The van der Waals surface area contributed by atoms with Gasteiger partial charge in [-0.2, -0.15) is 13.2 Å². The van der Waals surface area contributed by atoms with Crippen LogP contribution in [0.15, 0.2) is 35.7 Å². The number of aliphatic carboxylic acids is 1. The van der Waals surface area contributed by atoms with Crippen LogP contribution in [0.4, 0.5) is 18.3 Å². The molecule has 1 aromatic heterocycles. The molecule has 1 amide bonds. The molecule has 0 spiro atoms. The van der Waals surface area contributed by atoms with E-state index in [-0.39, 0.29) is 18.1 Å². The minimum Gasteiger partial charge on any atom is -0.475 e. The highest BCUT2D eigenvalue weighted by Crippen LogP contribution is 2.27. The van der Waals surface area contributed by atoms with E-state index in [9.17, 15) is 18.0 Å². The van der Waals surface area contributed by atoms with Gasteiger partial charge in [0.15, 0.2) is 5.13 Å². The molecule has 0 radical (unpaired) electrons. The molecule has 0 bridgehead atoms. The lowest BCUT2D eigenvalue weighted by molar-refractivity contribution is -0.192. The largest absolute Gasteiger partial charge is 0.490 e. The number of nitrogens with one attached hydrogen (secondary N) is 1. The van der Waals surface area contributed by atoms with Gasteiger partial charge in [-0.15, -0.1) is 11.3 Å². The Hall–Kier alpha value is -2.50. The summed E-state index contributed by atoms with van der Waals surface area (Å²) in [6, 6.07) is 9.78. The summed E-state index contributed by atoms with van der Waals surface area (Å²) in [6.07, 6.45) is -4.27. The quantitative estimate of drug-likeness (QED) is 0.774. The fourth-order valence-electron chi connectivity index (χ4n) is 2.56. The molecule has 2 N–H and O–H groups in total. The summed E-state index contributed by atoms with van der Waals surface area (Å²) in [5, 5.41) is 13.0. The first-order chi connectivity index (χ1) is 13.6. The third kappa shape index (κ3) is 6.24. The number of thiazole rings is 1. The van der Waals surface area contributed by atoms with Gasteiger partial charge in [0.05, 0.1) is 17.8 Å². The van der Waals surface area contributed by atoms with E-state index in [1.54, 1.807) is 19.1 Å². The number of alkyl halides is 3. The molecule has 0 saturated carbocycles. The average Bonchev–Trinajstić information content (AvgIpc) is 3.37. The van der Waals surface area contributed by atoms with Crippen LogP contribution in [0.5, 0.6) is 0 Å². The SMILES string of the molecule is CO[C@@H]1CN[C@H](C(=O)N(C)c2nc(-c3ccccc3)cs2)C1.O=C(O)C(F)(F)F. The summed E-state index contributed by atoms with van der Waals surface area (Å²) in [6.45, 7) is 0.716. The number of halogens is 3. The van der Waals surface area contributed by atoms with Crippen LogP contribution < -0.4 is 10.2 Å². The molecule has 1 fully saturated rings. The van der Waals surface area contributed by atoms with E-state index in [0.717, 1.165) is 11.3 Å². The zero-order valence-electron chi connectivity index (χ0n) is 15.6. The second-order valence-corrected chi connectivity index (χ2v) is 6.97. The van der Waals surface area contributed by atoms with Gasteiger partial charge in [0.2, 0.25) is 5.91 Å². The smallest absolute Gasteiger partial charge is 0.475 e. The molecule has 1 aromatic carbocycles. The number of methoxy groups -OCH3 is 1. The first-order valence-corrected chi connectivity index (χ1v) is 9.36. The Labute approximate surface area is 169 Å². The molecule has 11 heteroatoms. The molecule has 1 aliphatic heterocycles. The number of benzene rings is 1. The van der Waals surface area contributed by atoms with E-state index < -0.39 is 12.1 Å². The molecule has 1 aliphatic rings. The van der Waals surface area contributed by atoms with Gasteiger partial charge in [0, 0.05) is 31.6 Å².